The predicted molar refractivity (Wildman–Crippen MR) is 61.6 cm³/mol. The molecular formula is C11H18O4S. The first kappa shape index (κ1) is 12.2. The number of carboxylic acid groups (broad SMARTS) is 1. The lowest BCUT2D eigenvalue weighted by molar-refractivity contribution is -0.137. The van der Waals surface area contributed by atoms with E-state index in [1.165, 1.54) is 18.6 Å². The monoisotopic (exact) mass is 246 g/mol. The van der Waals surface area contributed by atoms with Crippen LogP contribution in [0.4, 0.5) is 0 Å². The minimum atomic E-state index is -0.765. The van der Waals surface area contributed by atoms with Gasteiger partial charge >= 0.3 is 5.97 Å². The zero-order chi connectivity index (χ0) is 11.4. The number of carboxylic acids is 1. The van der Waals surface area contributed by atoms with Gasteiger partial charge in [0.25, 0.3) is 0 Å². The van der Waals surface area contributed by atoms with Crippen LogP contribution < -0.4 is 0 Å². The van der Waals surface area contributed by atoms with Gasteiger partial charge in [-0.15, -0.1) is 0 Å². The van der Waals surface area contributed by atoms with Crippen molar-refractivity contribution in [1.82, 2.24) is 0 Å². The first-order chi connectivity index (χ1) is 7.75. The van der Waals surface area contributed by atoms with Crippen molar-refractivity contribution < 1.29 is 19.4 Å². The first-order valence-corrected chi connectivity index (χ1v) is 6.91. The molecule has 4 nitrogen and oxygen atoms in total. The Balaban J connectivity index is 1.72. The molecule has 16 heavy (non-hydrogen) atoms. The number of rotatable bonds is 4. The Morgan fingerprint density at radius 2 is 2.31 bits per heavy atom. The molecule has 0 saturated carbocycles. The Bertz CT molecular complexity index is 240. The maximum absolute atomic E-state index is 10.4. The van der Waals surface area contributed by atoms with Crippen LogP contribution in [-0.2, 0) is 14.3 Å². The molecule has 2 heterocycles. The Kier molecular flexibility index (Phi) is 4.49. The van der Waals surface area contributed by atoms with Crippen LogP contribution in [0.2, 0.25) is 0 Å². The van der Waals surface area contributed by atoms with Crippen LogP contribution in [0.25, 0.3) is 0 Å². The molecule has 0 radical (unpaired) electrons. The van der Waals surface area contributed by atoms with Gasteiger partial charge in [0, 0.05) is 6.42 Å². The second-order valence-electron chi connectivity index (χ2n) is 4.30. The fourth-order valence-corrected chi connectivity index (χ4v) is 3.39. The van der Waals surface area contributed by atoms with Crippen LogP contribution in [0.1, 0.15) is 32.1 Å². The minimum Gasteiger partial charge on any atom is -0.481 e. The number of hydrogen-bond acceptors (Lipinski definition) is 4. The molecule has 3 atom stereocenters. The summed E-state index contributed by atoms with van der Waals surface area (Å²) in [7, 11) is 0. The zero-order valence-corrected chi connectivity index (χ0v) is 10.1. The number of aliphatic carboxylic acids is 1. The molecule has 92 valence electrons. The molecule has 0 aromatic heterocycles. The van der Waals surface area contributed by atoms with Gasteiger partial charge < -0.3 is 14.6 Å². The highest BCUT2D eigenvalue weighted by atomic mass is 32.2. The van der Waals surface area contributed by atoms with E-state index in [1.807, 2.05) is 11.8 Å². The predicted octanol–water partition coefficient (Wildman–Crippen LogP) is 1.88. The lowest BCUT2D eigenvalue weighted by Crippen LogP contribution is -2.27. The summed E-state index contributed by atoms with van der Waals surface area (Å²) in [6.07, 6.45) is 4.28. The molecule has 2 saturated heterocycles. The van der Waals surface area contributed by atoms with Crippen molar-refractivity contribution in [3.8, 4) is 0 Å². The molecule has 5 heteroatoms. The van der Waals surface area contributed by atoms with Crippen molar-refractivity contribution in [2.24, 2.45) is 0 Å². The van der Waals surface area contributed by atoms with Crippen LogP contribution in [-0.4, -0.2) is 41.1 Å². The van der Waals surface area contributed by atoms with Gasteiger partial charge in [0.15, 0.2) is 6.29 Å². The smallest absolute Gasteiger partial charge is 0.303 e. The number of ether oxygens (including phenoxy) is 2. The van der Waals surface area contributed by atoms with E-state index in [2.05, 4.69) is 0 Å². The third-order valence-electron chi connectivity index (χ3n) is 2.97. The Hall–Kier alpha value is -0.260. The largest absolute Gasteiger partial charge is 0.481 e. The fraction of sp³-hybridized carbons (Fsp3) is 0.909. The lowest BCUT2D eigenvalue weighted by Gasteiger charge is -2.25. The lowest BCUT2D eigenvalue weighted by atomic mass is 10.2. The highest BCUT2D eigenvalue weighted by molar-refractivity contribution is 8.00. The van der Waals surface area contributed by atoms with Crippen LogP contribution >= 0.6 is 11.8 Å². The maximum atomic E-state index is 10.4. The van der Waals surface area contributed by atoms with Crippen molar-refractivity contribution in [2.75, 3.05) is 12.4 Å². The Labute approximate surface area is 99.7 Å². The normalized spacial score (nSPS) is 35.1. The van der Waals surface area contributed by atoms with Gasteiger partial charge in [-0.25, -0.2) is 0 Å². The van der Waals surface area contributed by atoms with Gasteiger partial charge in [0.1, 0.15) is 0 Å². The molecule has 2 aliphatic rings. The highest BCUT2D eigenvalue weighted by Crippen LogP contribution is 2.32. The second-order valence-corrected chi connectivity index (χ2v) is 5.64. The Morgan fingerprint density at radius 3 is 3.00 bits per heavy atom. The van der Waals surface area contributed by atoms with Crippen molar-refractivity contribution in [2.45, 2.75) is 49.7 Å². The van der Waals surface area contributed by atoms with Crippen LogP contribution in [0, 0.1) is 0 Å². The van der Waals surface area contributed by atoms with E-state index in [0.29, 0.717) is 18.3 Å². The van der Waals surface area contributed by atoms with Crippen LogP contribution in [0.5, 0.6) is 0 Å². The molecule has 1 N–H and O–H groups in total. The highest BCUT2D eigenvalue weighted by Gasteiger charge is 2.33. The summed E-state index contributed by atoms with van der Waals surface area (Å²) in [4.78, 5) is 10.4. The van der Waals surface area contributed by atoms with Crippen molar-refractivity contribution in [3.05, 3.63) is 0 Å². The van der Waals surface area contributed by atoms with Gasteiger partial charge in [-0.3, -0.25) is 4.79 Å². The van der Waals surface area contributed by atoms with Crippen molar-refractivity contribution in [1.29, 1.82) is 0 Å². The van der Waals surface area contributed by atoms with Crippen LogP contribution in [0.15, 0.2) is 0 Å². The molecular weight excluding hydrogens is 228 g/mol. The average molecular weight is 246 g/mol. The second kappa shape index (κ2) is 5.89. The molecule has 0 aromatic carbocycles. The van der Waals surface area contributed by atoms with Gasteiger partial charge in [0.05, 0.1) is 18.0 Å². The molecule has 2 fully saturated rings. The maximum Gasteiger partial charge on any atom is 0.303 e. The molecule has 0 aliphatic carbocycles. The third-order valence-corrected chi connectivity index (χ3v) is 4.38. The summed E-state index contributed by atoms with van der Waals surface area (Å²) in [6, 6.07) is 0. The summed E-state index contributed by atoms with van der Waals surface area (Å²) in [5.41, 5.74) is 0. The van der Waals surface area contributed by atoms with Gasteiger partial charge in [-0.2, -0.15) is 11.8 Å². The molecule has 0 aromatic rings. The standard InChI is InChI=1S/C11H18O4S/c12-10(13)5-4-8-7-14-11(15-8)9-3-1-2-6-16-9/h8-9,11H,1-7H2,(H,12,13). The van der Waals surface area contributed by atoms with Gasteiger partial charge in [-0.1, -0.05) is 6.42 Å². The van der Waals surface area contributed by atoms with E-state index in [1.54, 1.807) is 0 Å². The van der Waals surface area contributed by atoms with Crippen molar-refractivity contribution in [3.63, 3.8) is 0 Å². The van der Waals surface area contributed by atoms with E-state index in [-0.39, 0.29) is 18.8 Å². The molecule has 2 rings (SSSR count). The van der Waals surface area contributed by atoms with E-state index in [0.717, 1.165) is 6.42 Å². The molecule has 2 aliphatic heterocycles. The third kappa shape index (κ3) is 3.37. The van der Waals surface area contributed by atoms with Crippen LogP contribution in [0.3, 0.4) is 0 Å². The molecule has 0 bridgehead atoms. The summed E-state index contributed by atoms with van der Waals surface area (Å²) < 4.78 is 11.3. The van der Waals surface area contributed by atoms with E-state index in [9.17, 15) is 4.79 Å². The summed E-state index contributed by atoms with van der Waals surface area (Å²) >= 11 is 1.92. The van der Waals surface area contributed by atoms with E-state index >= 15 is 0 Å². The number of carbonyl (C=O) groups is 1. The molecule has 0 amide bonds. The van der Waals surface area contributed by atoms with Gasteiger partial charge in [-0.05, 0) is 25.0 Å². The van der Waals surface area contributed by atoms with Crippen molar-refractivity contribution >= 4 is 17.7 Å². The average Bonchev–Trinajstić information content (AvgIpc) is 2.76. The topological polar surface area (TPSA) is 55.8 Å². The summed E-state index contributed by atoms with van der Waals surface area (Å²) in [5, 5.41) is 9.04. The fourth-order valence-electron chi connectivity index (χ4n) is 2.08. The Morgan fingerprint density at radius 1 is 1.44 bits per heavy atom. The van der Waals surface area contributed by atoms with Gasteiger partial charge in [0.2, 0.25) is 0 Å². The summed E-state index contributed by atoms with van der Waals surface area (Å²) in [6.45, 7) is 0.551. The number of hydrogen-bond donors (Lipinski definition) is 1. The van der Waals surface area contributed by atoms with E-state index < -0.39 is 5.97 Å². The number of thioether (sulfide) groups is 1. The summed E-state index contributed by atoms with van der Waals surface area (Å²) in [5.74, 6) is 0.423. The minimum absolute atomic E-state index is 0.0244. The molecule has 0 spiro atoms. The quantitative estimate of drug-likeness (QED) is 0.820. The molecule has 3 unspecified atom stereocenters. The van der Waals surface area contributed by atoms with E-state index in [4.69, 9.17) is 14.6 Å². The first-order valence-electron chi connectivity index (χ1n) is 5.86. The zero-order valence-electron chi connectivity index (χ0n) is 9.26. The SMILES string of the molecule is O=C(O)CCC1COC(C2CCCCS2)O1.